The molecule has 0 radical (unpaired) electrons. The molecule has 3 rings (SSSR count). The number of hydrogen-bond donors (Lipinski definition) is 2. The van der Waals surface area contributed by atoms with Gasteiger partial charge in [-0.2, -0.15) is 0 Å². The molecule has 2 atom stereocenters. The highest BCUT2D eigenvalue weighted by Gasteiger charge is 2.30. The summed E-state index contributed by atoms with van der Waals surface area (Å²) in [5, 5.41) is 10.0. The summed E-state index contributed by atoms with van der Waals surface area (Å²) < 4.78 is 0. The van der Waals surface area contributed by atoms with Crippen molar-refractivity contribution < 1.29 is 9.59 Å². The van der Waals surface area contributed by atoms with Gasteiger partial charge < -0.3 is 10.6 Å². The summed E-state index contributed by atoms with van der Waals surface area (Å²) in [5.74, 6) is 0.0747. The summed E-state index contributed by atoms with van der Waals surface area (Å²) in [7, 11) is 0. The highest BCUT2D eigenvalue weighted by molar-refractivity contribution is 7.10. The molecule has 128 valence electrons. The summed E-state index contributed by atoms with van der Waals surface area (Å²) in [6.07, 6.45) is 3.36. The Kier molecular flexibility index (Phi) is 6.04. The van der Waals surface area contributed by atoms with Crippen LogP contribution in [0.3, 0.4) is 0 Å². The monoisotopic (exact) mass is 362 g/mol. The molecule has 0 saturated heterocycles. The maximum Gasteiger partial charge on any atom is 0.223 e. The molecule has 1 saturated carbocycles. The Morgan fingerprint density at radius 2 is 1.42 bits per heavy atom. The predicted octanol–water partition coefficient (Wildman–Crippen LogP) is 3.55. The van der Waals surface area contributed by atoms with Crippen LogP contribution in [0, 0.1) is 11.8 Å². The first-order valence-electron chi connectivity index (χ1n) is 8.32. The van der Waals surface area contributed by atoms with E-state index in [1.54, 1.807) is 22.7 Å². The third kappa shape index (κ3) is 4.68. The van der Waals surface area contributed by atoms with Gasteiger partial charge in [-0.05, 0) is 42.2 Å². The average molecular weight is 363 g/mol. The van der Waals surface area contributed by atoms with Crippen LogP contribution < -0.4 is 10.6 Å². The van der Waals surface area contributed by atoms with Crippen molar-refractivity contribution in [2.24, 2.45) is 11.8 Å². The van der Waals surface area contributed by atoms with Crippen molar-refractivity contribution in [1.82, 2.24) is 10.6 Å². The SMILES string of the molecule is O=C(NCc1cccs1)[C@@H]1CCC[C@@H](C(=O)NCc2cccs2)C1. The van der Waals surface area contributed by atoms with E-state index < -0.39 is 0 Å². The third-order valence-electron chi connectivity index (χ3n) is 4.45. The minimum atomic E-state index is -0.0452. The first-order valence-corrected chi connectivity index (χ1v) is 10.1. The van der Waals surface area contributed by atoms with Gasteiger partial charge in [-0.15, -0.1) is 22.7 Å². The molecule has 0 unspecified atom stereocenters. The lowest BCUT2D eigenvalue weighted by Crippen LogP contribution is -2.38. The average Bonchev–Trinajstić information content (AvgIpc) is 3.31. The van der Waals surface area contributed by atoms with Gasteiger partial charge in [0.2, 0.25) is 11.8 Å². The third-order valence-corrected chi connectivity index (χ3v) is 6.20. The Morgan fingerprint density at radius 1 is 0.917 bits per heavy atom. The standard InChI is InChI=1S/C18H22N2O2S2/c21-17(19-11-15-6-2-8-23-15)13-4-1-5-14(10-13)18(22)20-12-16-7-3-9-24-16/h2-3,6-9,13-14H,1,4-5,10-12H2,(H,19,21)(H,20,22)/t13-,14-/m1/s1. The van der Waals surface area contributed by atoms with E-state index >= 15 is 0 Å². The molecule has 0 bridgehead atoms. The second-order valence-electron chi connectivity index (χ2n) is 6.15. The Hall–Kier alpha value is -1.66. The van der Waals surface area contributed by atoms with Crippen LogP contribution in [0.4, 0.5) is 0 Å². The second kappa shape index (κ2) is 8.44. The molecule has 1 aliphatic carbocycles. The first-order chi connectivity index (χ1) is 11.7. The smallest absolute Gasteiger partial charge is 0.223 e. The summed E-state index contributed by atoms with van der Waals surface area (Å²) in [6.45, 7) is 1.17. The number of thiophene rings is 2. The number of hydrogen-bond acceptors (Lipinski definition) is 4. The number of carbonyl (C=O) groups excluding carboxylic acids is 2. The maximum atomic E-state index is 12.4. The number of carbonyl (C=O) groups is 2. The van der Waals surface area contributed by atoms with Gasteiger partial charge in [-0.25, -0.2) is 0 Å². The first kappa shape index (κ1) is 17.2. The Morgan fingerprint density at radius 3 is 1.83 bits per heavy atom. The summed E-state index contributed by atoms with van der Waals surface area (Å²) in [4.78, 5) is 27.1. The molecule has 2 aromatic heterocycles. The normalized spacial score (nSPS) is 20.5. The zero-order valence-corrected chi connectivity index (χ0v) is 15.1. The minimum absolute atomic E-state index is 0.0452. The molecule has 0 spiro atoms. The Balaban J connectivity index is 1.46. The highest BCUT2D eigenvalue weighted by Crippen LogP contribution is 2.29. The molecule has 2 heterocycles. The van der Waals surface area contributed by atoms with Gasteiger partial charge in [0.15, 0.2) is 0 Å². The van der Waals surface area contributed by atoms with Gasteiger partial charge in [0, 0.05) is 21.6 Å². The van der Waals surface area contributed by atoms with Crippen molar-refractivity contribution in [1.29, 1.82) is 0 Å². The Labute approximate surface area is 150 Å². The van der Waals surface area contributed by atoms with Gasteiger partial charge in [0.25, 0.3) is 0 Å². The van der Waals surface area contributed by atoms with Gasteiger partial charge in [0.1, 0.15) is 0 Å². The van der Waals surface area contributed by atoms with E-state index in [2.05, 4.69) is 10.6 Å². The van der Waals surface area contributed by atoms with Crippen molar-refractivity contribution in [3.8, 4) is 0 Å². The molecule has 0 aromatic carbocycles. The molecule has 1 aliphatic rings. The fraction of sp³-hybridized carbons (Fsp3) is 0.444. The molecule has 24 heavy (non-hydrogen) atoms. The molecule has 2 amide bonds. The van der Waals surface area contributed by atoms with Crippen LogP contribution >= 0.6 is 22.7 Å². The minimum Gasteiger partial charge on any atom is -0.351 e. The number of rotatable bonds is 6. The number of nitrogens with one attached hydrogen (secondary N) is 2. The van der Waals surface area contributed by atoms with Gasteiger partial charge in [-0.3, -0.25) is 9.59 Å². The molecule has 4 nitrogen and oxygen atoms in total. The van der Waals surface area contributed by atoms with E-state index in [-0.39, 0.29) is 23.7 Å². The van der Waals surface area contributed by atoms with E-state index in [1.807, 2.05) is 35.0 Å². The molecular weight excluding hydrogens is 340 g/mol. The van der Waals surface area contributed by atoms with Crippen LogP contribution in [-0.2, 0) is 22.7 Å². The van der Waals surface area contributed by atoms with Gasteiger partial charge >= 0.3 is 0 Å². The lowest BCUT2D eigenvalue weighted by Gasteiger charge is -2.27. The van der Waals surface area contributed by atoms with Crippen LogP contribution in [0.2, 0.25) is 0 Å². The largest absolute Gasteiger partial charge is 0.351 e. The van der Waals surface area contributed by atoms with Crippen LogP contribution in [0.25, 0.3) is 0 Å². The fourth-order valence-corrected chi connectivity index (χ4v) is 4.42. The fourth-order valence-electron chi connectivity index (χ4n) is 3.13. The predicted molar refractivity (Wildman–Crippen MR) is 97.8 cm³/mol. The summed E-state index contributed by atoms with van der Waals surface area (Å²) >= 11 is 3.29. The highest BCUT2D eigenvalue weighted by atomic mass is 32.1. The van der Waals surface area contributed by atoms with E-state index in [9.17, 15) is 9.59 Å². The lowest BCUT2D eigenvalue weighted by atomic mass is 9.80. The summed E-state index contributed by atoms with van der Waals surface area (Å²) in [5.41, 5.74) is 0. The molecule has 2 aromatic rings. The molecule has 6 heteroatoms. The number of amides is 2. The molecule has 2 N–H and O–H groups in total. The van der Waals surface area contributed by atoms with Crippen molar-refractivity contribution in [3.05, 3.63) is 44.8 Å². The van der Waals surface area contributed by atoms with E-state index in [0.717, 1.165) is 29.0 Å². The maximum absolute atomic E-state index is 12.4. The van der Waals surface area contributed by atoms with Crippen molar-refractivity contribution >= 4 is 34.5 Å². The van der Waals surface area contributed by atoms with Gasteiger partial charge in [-0.1, -0.05) is 18.6 Å². The molecule has 1 fully saturated rings. The van der Waals surface area contributed by atoms with Crippen LogP contribution in [0.1, 0.15) is 35.4 Å². The van der Waals surface area contributed by atoms with Gasteiger partial charge in [0.05, 0.1) is 13.1 Å². The van der Waals surface area contributed by atoms with E-state index in [1.165, 1.54) is 0 Å². The zero-order chi connectivity index (χ0) is 16.8. The second-order valence-corrected chi connectivity index (χ2v) is 8.22. The van der Waals surface area contributed by atoms with E-state index in [4.69, 9.17) is 0 Å². The molecule has 0 aliphatic heterocycles. The summed E-state index contributed by atoms with van der Waals surface area (Å²) in [6, 6.07) is 8.01. The van der Waals surface area contributed by atoms with Crippen molar-refractivity contribution in [3.63, 3.8) is 0 Å². The quantitative estimate of drug-likeness (QED) is 0.826. The van der Waals surface area contributed by atoms with Crippen LogP contribution in [0.5, 0.6) is 0 Å². The topological polar surface area (TPSA) is 58.2 Å². The van der Waals surface area contributed by atoms with Crippen LogP contribution in [0.15, 0.2) is 35.0 Å². The van der Waals surface area contributed by atoms with Crippen molar-refractivity contribution in [2.45, 2.75) is 38.8 Å². The van der Waals surface area contributed by atoms with Crippen molar-refractivity contribution in [2.75, 3.05) is 0 Å². The zero-order valence-electron chi connectivity index (χ0n) is 13.5. The lowest BCUT2D eigenvalue weighted by molar-refractivity contribution is -0.130. The van der Waals surface area contributed by atoms with E-state index in [0.29, 0.717) is 19.5 Å². The van der Waals surface area contributed by atoms with Crippen LogP contribution in [-0.4, -0.2) is 11.8 Å². The molecular formula is C18H22N2O2S2. The Bertz CT molecular complexity index is 596.